The molecule has 0 bridgehead atoms. The molecule has 10 rings (SSSR count). The fourth-order valence-corrected chi connectivity index (χ4v) is 7.42. The zero-order valence-electron chi connectivity index (χ0n) is 33.0. The minimum atomic E-state index is -0.412. The summed E-state index contributed by atoms with van der Waals surface area (Å²) in [6, 6.07) is 56.6. The second-order valence-corrected chi connectivity index (χ2v) is 13.0. The summed E-state index contributed by atoms with van der Waals surface area (Å²) in [7, 11) is 0. The lowest BCUT2D eigenvalue weighted by Crippen LogP contribution is -2.09. The number of fused-ring (bicyclic) bond motifs is 6. The van der Waals surface area contributed by atoms with Gasteiger partial charge in [-0.05, 0) is 92.5 Å². The number of furan rings is 1. The van der Waals surface area contributed by atoms with Crippen molar-refractivity contribution in [3.8, 4) is 33.4 Å². The van der Waals surface area contributed by atoms with Gasteiger partial charge in [-0.2, -0.15) is 0 Å². The summed E-state index contributed by atoms with van der Waals surface area (Å²) in [6.07, 6.45) is 0. The first-order chi connectivity index (χ1) is 27.9. The number of nitrogens with zero attached hydrogens (tertiary/aromatic N) is 1. The molecule has 0 N–H and O–H groups in total. The first kappa shape index (κ1) is 25.1. The first-order valence-electron chi connectivity index (χ1n) is 19.8. The summed E-state index contributed by atoms with van der Waals surface area (Å²) in [5, 5.41) is 5.69. The molecule has 0 saturated carbocycles. The van der Waals surface area contributed by atoms with Crippen molar-refractivity contribution in [2.24, 2.45) is 0 Å². The van der Waals surface area contributed by atoms with Crippen molar-refractivity contribution in [2.45, 2.75) is 0 Å². The van der Waals surface area contributed by atoms with Crippen LogP contribution in [-0.2, 0) is 0 Å². The molecule has 0 unspecified atom stereocenters. The van der Waals surface area contributed by atoms with Gasteiger partial charge in [0.25, 0.3) is 0 Å². The van der Waals surface area contributed by atoms with Crippen molar-refractivity contribution in [2.75, 3.05) is 4.90 Å². The summed E-state index contributed by atoms with van der Waals surface area (Å²) in [6.45, 7) is 0. The van der Waals surface area contributed by atoms with Gasteiger partial charge in [0.2, 0.25) is 0 Å². The fraction of sp³-hybridized carbons (Fsp3) is 0. The van der Waals surface area contributed by atoms with E-state index in [1.165, 1.54) is 16.3 Å². The smallest absolute Gasteiger partial charge is 0.143 e. The summed E-state index contributed by atoms with van der Waals surface area (Å²) >= 11 is 0. The molecule has 2 heteroatoms. The molecule has 0 atom stereocenters. The van der Waals surface area contributed by atoms with Crippen molar-refractivity contribution in [3.63, 3.8) is 0 Å². The van der Waals surface area contributed by atoms with Crippen molar-refractivity contribution < 1.29 is 11.3 Å². The van der Waals surface area contributed by atoms with Crippen LogP contribution in [0, 0.1) is 0 Å². The molecule has 0 aliphatic carbocycles. The maximum Gasteiger partial charge on any atom is 0.143 e. The number of hydrogen-bond acceptors (Lipinski definition) is 2. The van der Waals surface area contributed by atoms with E-state index in [0.717, 1.165) is 55.3 Å². The molecule has 10 aromatic rings. The van der Waals surface area contributed by atoms with Gasteiger partial charge in [0.15, 0.2) is 0 Å². The molecule has 0 saturated heterocycles. The Morgan fingerprint density at radius 2 is 0.962 bits per heavy atom. The largest absolute Gasteiger partial charge is 0.455 e. The van der Waals surface area contributed by atoms with Gasteiger partial charge < -0.3 is 9.32 Å². The van der Waals surface area contributed by atoms with Gasteiger partial charge in [-0.25, -0.2) is 0 Å². The lowest BCUT2D eigenvalue weighted by molar-refractivity contribution is 0.674. The number of rotatable bonds is 6. The van der Waals surface area contributed by atoms with Gasteiger partial charge in [0, 0.05) is 38.8 Å². The van der Waals surface area contributed by atoms with Crippen LogP contribution in [0.2, 0.25) is 0 Å². The quantitative estimate of drug-likeness (QED) is 0.175. The zero-order valence-corrected chi connectivity index (χ0v) is 28.0. The fourth-order valence-electron chi connectivity index (χ4n) is 7.42. The predicted octanol–water partition coefficient (Wildman–Crippen LogP) is 14.4. The Balaban J connectivity index is 1.06. The first-order valence-corrected chi connectivity index (χ1v) is 17.3. The summed E-state index contributed by atoms with van der Waals surface area (Å²) in [5.74, 6) is 0. The van der Waals surface area contributed by atoms with Crippen LogP contribution in [0.5, 0.6) is 0 Å². The van der Waals surface area contributed by atoms with Crippen molar-refractivity contribution in [3.05, 3.63) is 200 Å². The standard InChI is InChI=1S/C50H33NO/c1-3-13-36(14-4-1)47-33-48-46-21-11-20-43(49(46)52-50(48)45-19-10-9-18-44(45)47)37-26-30-42(31-27-37)51(40-16-5-2-6-17-40)41-28-24-35(25-29-41)39-23-22-34-12-7-8-15-38(34)32-39/h1-33H/i1D,3D,4D,13D,14D. The molecule has 0 amide bonds. The van der Waals surface area contributed by atoms with Gasteiger partial charge in [-0.1, -0.05) is 152 Å². The Morgan fingerprint density at radius 3 is 1.73 bits per heavy atom. The lowest BCUT2D eigenvalue weighted by Gasteiger charge is -2.26. The van der Waals surface area contributed by atoms with E-state index in [4.69, 9.17) is 11.3 Å². The molecule has 1 heterocycles. The van der Waals surface area contributed by atoms with Crippen LogP contribution in [0.15, 0.2) is 204 Å². The highest BCUT2D eigenvalue weighted by molar-refractivity contribution is 6.20. The lowest BCUT2D eigenvalue weighted by atomic mass is 9.95. The van der Waals surface area contributed by atoms with Crippen LogP contribution >= 0.6 is 0 Å². The maximum absolute atomic E-state index is 8.76. The molecule has 0 radical (unpaired) electrons. The Bertz CT molecular complexity index is 3150. The van der Waals surface area contributed by atoms with Gasteiger partial charge in [0.1, 0.15) is 11.2 Å². The van der Waals surface area contributed by atoms with Gasteiger partial charge in [0.05, 0.1) is 6.85 Å². The number of benzene rings is 9. The molecule has 0 fully saturated rings. The third-order valence-corrected chi connectivity index (χ3v) is 9.93. The third kappa shape index (κ3) is 5.12. The second kappa shape index (κ2) is 12.5. The van der Waals surface area contributed by atoms with E-state index in [1.54, 1.807) is 0 Å². The number of hydrogen-bond donors (Lipinski definition) is 0. The summed E-state index contributed by atoms with van der Waals surface area (Å²) in [5.41, 5.74) is 9.47. The Morgan fingerprint density at radius 1 is 0.365 bits per heavy atom. The van der Waals surface area contributed by atoms with Crippen LogP contribution in [0.25, 0.3) is 76.9 Å². The normalized spacial score (nSPS) is 12.8. The second-order valence-electron chi connectivity index (χ2n) is 13.0. The topological polar surface area (TPSA) is 16.4 Å². The molecule has 1 aromatic heterocycles. The van der Waals surface area contributed by atoms with E-state index in [0.29, 0.717) is 16.7 Å². The Kier molecular flexibility index (Phi) is 6.01. The highest BCUT2D eigenvalue weighted by Crippen LogP contribution is 2.43. The highest BCUT2D eigenvalue weighted by atomic mass is 16.3. The molecular formula is C50H33NO. The number of anilines is 3. The van der Waals surface area contributed by atoms with Gasteiger partial charge in [-0.3, -0.25) is 0 Å². The van der Waals surface area contributed by atoms with Crippen molar-refractivity contribution >= 4 is 60.5 Å². The molecule has 0 aliphatic rings. The van der Waals surface area contributed by atoms with Crippen LogP contribution in [-0.4, -0.2) is 0 Å². The SMILES string of the molecule is [2H]c1c([2H])c([2H])c(-c2cc3c4cccc(-c5ccc(N(c6ccccc6)c6ccc(-c7ccc8ccccc8c7)cc6)cc5)c4oc3c3ccccc23)c([2H])c1[2H]. The summed E-state index contributed by atoms with van der Waals surface area (Å²) in [4.78, 5) is 2.25. The molecule has 0 spiro atoms. The predicted molar refractivity (Wildman–Crippen MR) is 220 cm³/mol. The minimum absolute atomic E-state index is 0.173. The van der Waals surface area contributed by atoms with E-state index < -0.39 is 6.04 Å². The average molecular weight is 669 g/mol. The van der Waals surface area contributed by atoms with E-state index in [9.17, 15) is 0 Å². The summed E-state index contributed by atoms with van der Waals surface area (Å²) < 4.78 is 49.1. The van der Waals surface area contributed by atoms with E-state index in [2.05, 4.69) is 126 Å². The van der Waals surface area contributed by atoms with Gasteiger partial charge >= 0.3 is 0 Å². The molecule has 2 nitrogen and oxygen atoms in total. The Labute approximate surface area is 309 Å². The zero-order chi connectivity index (χ0) is 38.8. The molecule has 52 heavy (non-hydrogen) atoms. The van der Waals surface area contributed by atoms with Gasteiger partial charge in [-0.15, -0.1) is 0 Å². The van der Waals surface area contributed by atoms with E-state index in [-0.39, 0.29) is 29.7 Å². The monoisotopic (exact) mass is 668 g/mol. The third-order valence-electron chi connectivity index (χ3n) is 9.93. The number of para-hydroxylation sites is 2. The van der Waals surface area contributed by atoms with Crippen LogP contribution < -0.4 is 4.90 Å². The highest BCUT2D eigenvalue weighted by Gasteiger charge is 2.18. The van der Waals surface area contributed by atoms with Crippen LogP contribution in [0.3, 0.4) is 0 Å². The molecule has 0 aliphatic heterocycles. The van der Waals surface area contributed by atoms with E-state index in [1.807, 2.05) is 48.5 Å². The Hall–Kier alpha value is -6.90. The molecule has 9 aromatic carbocycles. The minimum Gasteiger partial charge on any atom is -0.455 e. The van der Waals surface area contributed by atoms with Crippen molar-refractivity contribution in [1.82, 2.24) is 0 Å². The van der Waals surface area contributed by atoms with Crippen LogP contribution in [0.1, 0.15) is 6.85 Å². The van der Waals surface area contributed by atoms with E-state index >= 15 is 0 Å². The average Bonchev–Trinajstić information content (AvgIpc) is 3.65. The molecular weight excluding hydrogens is 631 g/mol. The maximum atomic E-state index is 8.76. The molecule has 244 valence electrons. The van der Waals surface area contributed by atoms with Crippen LogP contribution in [0.4, 0.5) is 17.1 Å². The van der Waals surface area contributed by atoms with Crippen molar-refractivity contribution in [1.29, 1.82) is 0 Å².